The summed E-state index contributed by atoms with van der Waals surface area (Å²) in [6.45, 7) is 8.50. The standard InChI is InChI=1S/C8H18S.C2H6/c1-3-5-6-8-9-7-4-2;1-2/h3-8H2,1-2H3;1-2H3. The van der Waals surface area contributed by atoms with E-state index in [0.29, 0.717) is 0 Å². The first kappa shape index (κ1) is 13.9. The molecule has 0 aromatic rings. The maximum Gasteiger partial charge on any atom is -0.00675 e. The number of rotatable bonds is 6. The van der Waals surface area contributed by atoms with E-state index in [0.717, 1.165) is 0 Å². The molecule has 0 aromatic carbocycles. The van der Waals surface area contributed by atoms with Crippen molar-refractivity contribution in [1.29, 1.82) is 0 Å². The molecule has 11 heavy (non-hydrogen) atoms. The van der Waals surface area contributed by atoms with Crippen molar-refractivity contribution in [2.75, 3.05) is 11.5 Å². The summed E-state index contributed by atoms with van der Waals surface area (Å²) in [5.41, 5.74) is 0. The molecule has 0 N–H and O–H groups in total. The Balaban J connectivity index is 0. The normalized spacial score (nSPS) is 8.73. The topological polar surface area (TPSA) is 0 Å². The predicted molar refractivity (Wildman–Crippen MR) is 58.5 cm³/mol. The van der Waals surface area contributed by atoms with Gasteiger partial charge in [-0.2, -0.15) is 11.8 Å². The van der Waals surface area contributed by atoms with E-state index in [1.165, 1.54) is 37.2 Å². The molecule has 0 nitrogen and oxygen atoms in total. The van der Waals surface area contributed by atoms with Gasteiger partial charge in [-0.1, -0.05) is 40.5 Å². The molecule has 0 aliphatic rings. The zero-order valence-electron chi connectivity index (χ0n) is 8.65. The van der Waals surface area contributed by atoms with Crippen molar-refractivity contribution >= 4 is 11.8 Å². The molecule has 0 aliphatic heterocycles. The Morgan fingerprint density at radius 3 is 1.91 bits per heavy atom. The fourth-order valence-electron chi connectivity index (χ4n) is 0.701. The SMILES string of the molecule is CC.CCCCCSCCC. The van der Waals surface area contributed by atoms with Crippen LogP contribution in [0.25, 0.3) is 0 Å². The third-order valence-electron chi connectivity index (χ3n) is 1.24. The van der Waals surface area contributed by atoms with Crippen LogP contribution in [-0.4, -0.2) is 11.5 Å². The van der Waals surface area contributed by atoms with E-state index >= 15 is 0 Å². The molecular weight excluding hydrogens is 152 g/mol. The van der Waals surface area contributed by atoms with Crippen LogP contribution < -0.4 is 0 Å². The second kappa shape index (κ2) is 16.7. The average molecular weight is 176 g/mol. The van der Waals surface area contributed by atoms with Gasteiger partial charge in [-0.25, -0.2) is 0 Å². The van der Waals surface area contributed by atoms with Gasteiger partial charge in [0.05, 0.1) is 0 Å². The monoisotopic (exact) mass is 176 g/mol. The molecule has 0 saturated carbocycles. The van der Waals surface area contributed by atoms with E-state index in [2.05, 4.69) is 25.6 Å². The molecule has 0 aliphatic carbocycles. The fourth-order valence-corrected chi connectivity index (χ4v) is 1.60. The number of hydrogen-bond acceptors (Lipinski definition) is 1. The third-order valence-corrected chi connectivity index (χ3v) is 2.51. The Morgan fingerprint density at radius 2 is 1.45 bits per heavy atom. The highest BCUT2D eigenvalue weighted by atomic mass is 32.2. The molecule has 0 atom stereocenters. The number of unbranched alkanes of at least 4 members (excludes halogenated alkanes) is 2. The van der Waals surface area contributed by atoms with E-state index in [1.807, 2.05) is 13.8 Å². The molecule has 0 heterocycles. The Labute approximate surface area is 77.2 Å². The molecule has 0 rings (SSSR count). The third kappa shape index (κ3) is 17.9. The molecule has 0 unspecified atom stereocenters. The van der Waals surface area contributed by atoms with Crippen LogP contribution in [0.3, 0.4) is 0 Å². The minimum absolute atomic E-state index is 1.33. The van der Waals surface area contributed by atoms with Crippen molar-refractivity contribution in [3.8, 4) is 0 Å². The summed E-state index contributed by atoms with van der Waals surface area (Å²) in [4.78, 5) is 0. The number of hydrogen-bond donors (Lipinski definition) is 0. The van der Waals surface area contributed by atoms with Crippen molar-refractivity contribution in [3.05, 3.63) is 0 Å². The van der Waals surface area contributed by atoms with Crippen LogP contribution in [0.15, 0.2) is 0 Å². The van der Waals surface area contributed by atoms with E-state index in [9.17, 15) is 0 Å². The zero-order chi connectivity index (χ0) is 8.95. The molecule has 0 fully saturated rings. The predicted octanol–water partition coefficient (Wildman–Crippen LogP) is 4.35. The lowest BCUT2D eigenvalue weighted by Crippen LogP contribution is -1.81. The fraction of sp³-hybridized carbons (Fsp3) is 1.00. The van der Waals surface area contributed by atoms with Crippen LogP contribution in [0.1, 0.15) is 53.4 Å². The van der Waals surface area contributed by atoms with Crippen LogP contribution in [0.2, 0.25) is 0 Å². The van der Waals surface area contributed by atoms with E-state index in [1.54, 1.807) is 0 Å². The largest absolute Gasteiger partial charge is 0.162 e. The average Bonchev–Trinajstić information content (AvgIpc) is 2.08. The van der Waals surface area contributed by atoms with Crippen molar-refractivity contribution in [1.82, 2.24) is 0 Å². The summed E-state index contributed by atoms with van der Waals surface area (Å²) in [7, 11) is 0. The van der Waals surface area contributed by atoms with Crippen LogP contribution in [0.5, 0.6) is 0 Å². The Morgan fingerprint density at radius 1 is 0.818 bits per heavy atom. The second-order valence-corrected chi connectivity index (χ2v) is 3.54. The zero-order valence-corrected chi connectivity index (χ0v) is 9.47. The van der Waals surface area contributed by atoms with Gasteiger partial charge < -0.3 is 0 Å². The molecular formula is C10H24S. The van der Waals surface area contributed by atoms with Gasteiger partial charge in [0.1, 0.15) is 0 Å². The van der Waals surface area contributed by atoms with Crippen molar-refractivity contribution < 1.29 is 0 Å². The molecule has 70 valence electrons. The first-order valence-electron chi connectivity index (χ1n) is 4.99. The molecule has 0 saturated heterocycles. The first-order chi connectivity index (χ1) is 5.41. The van der Waals surface area contributed by atoms with E-state index in [4.69, 9.17) is 0 Å². The van der Waals surface area contributed by atoms with Gasteiger partial charge in [0.25, 0.3) is 0 Å². The minimum Gasteiger partial charge on any atom is -0.162 e. The van der Waals surface area contributed by atoms with Crippen molar-refractivity contribution in [2.45, 2.75) is 53.4 Å². The lowest BCUT2D eigenvalue weighted by molar-refractivity contribution is 0.778. The maximum absolute atomic E-state index is 2.25. The van der Waals surface area contributed by atoms with Crippen LogP contribution in [-0.2, 0) is 0 Å². The van der Waals surface area contributed by atoms with Gasteiger partial charge in [0.2, 0.25) is 0 Å². The van der Waals surface area contributed by atoms with Gasteiger partial charge >= 0.3 is 0 Å². The van der Waals surface area contributed by atoms with Gasteiger partial charge in [0, 0.05) is 0 Å². The molecule has 0 radical (unpaired) electrons. The van der Waals surface area contributed by atoms with Crippen molar-refractivity contribution in [3.63, 3.8) is 0 Å². The maximum atomic E-state index is 2.25. The Bertz CT molecular complexity index is 38.1. The highest BCUT2D eigenvalue weighted by Gasteiger charge is 1.85. The minimum atomic E-state index is 1.33. The Kier molecular flexibility index (Phi) is 21.2. The molecule has 0 aromatic heterocycles. The number of thioether (sulfide) groups is 1. The highest BCUT2D eigenvalue weighted by molar-refractivity contribution is 7.99. The highest BCUT2D eigenvalue weighted by Crippen LogP contribution is 2.06. The summed E-state index contributed by atoms with van der Waals surface area (Å²) >= 11 is 2.09. The van der Waals surface area contributed by atoms with Gasteiger partial charge in [0.15, 0.2) is 0 Å². The smallest absolute Gasteiger partial charge is 0.00675 e. The molecule has 0 spiro atoms. The summed E-state index contributed by atoms with van der Waals surface area (Å²) in [6.07, 6.45) is 5.52. The first-order valence-corrected chi connectivity index (χ1v) is 6.15. The summed E-state index contributed by atoms with van der Waals surface area (Å²) < 4.78 is 0. The molecule has 1 heteroatoms. The Hall–Kier alpha value is 0.350. The summed E-state index contributed by atoms with van der Waals surface area (Å²) in [5, 5.41) is 0. The lowest BCUT2D eigenvalue weighted by atomic mass is 10.3. The van der Waals surface area contributed by atoms with Gasteiger partial charge in [-0.05, 0) is 24.3 Å². The quantitative estimate of drug-likeness (QED) is 0.542. The summed E-state index contributed by atoms with van der Waals surface area (Å²) in [6, 6.07) is 0. The lowest BCUT2D eigenvalue weighted by Gasteiger charge is -1.96. The van der Waals surface area contributed by atoms with Crippen LogP contribution >= 0.6 is 11.8 Å². The second-order valence-electron chi connectivity index (χ2n) is 2.32. The van der Waals surface area contributed by atoms with Crippen LogP contribution in [0, 0.1) is 0 Å². The van der Waals surface area contributed by atoms with Crippen molar-refractivity contribution in [2.24, 2.45) is 0 Å². The molecule has 0 amide bonds. The van der Waals surface area contributed by atoms with E-state index in [-0.39, 0.29) is 0 Å². The van der Waals surface area contributed by atoms with Gasteiger partial charge in [-0.15, -0.1) is 0 Å². The molecule has 0 bridgehead atoms. The van der Waals surface area contributed by atoms with Crippen LogP contribution in [0.4, 0.5) is 0 Å². The van der Waals surface area contributed by atoms with E-state index < -0.39 is 0 Å². The van der Waals surface area contributed by atoms with Gasteiger partial charge in [-0.3, -0.25) is 0 Å². The summed E-state index contributed by atoms with van der Waals surface area (Å²) in [5.74, 6) is 2.73.